The number of carboxylic acid groups (broad SMARTS) is 1. The third-order valence-electron chi connectivity index (χ3n) is 4.51. The van der Waals surface area contributed by atoms with Crippen molar-refractivity contribution in [3.8, 4) is 0 Å². The third kappa shape index (κ3) is 2.69. The van der Waals surface area contributed by atoms with Gasteiger partial charge in [0, 0.05) is 21.6 Å². The topological polar surface area (TPSA) is 57.6 Å². The van der Waals surface area contributed by atoms with Gasteiger partial charge in [0.25, 0.3) is 5.91 Å². The molecule has 1 aliphatic carbocycles. The Morgan fingerprint density at radius 2 is 2.05 bits per heavy atom. The number of benzene rings is 1. The molecule has 1 saturated carbocycles. The third-order valence-corrected chi connectivity index (χ3v) is 5.19. The SMILES string of the molecule is O=C(O)C1C2CCCC2CN1C(=O)c1cc(Cl)cc(Br)c1. The molecular weight excluding hydrogens is 358 g/mol. The maximum atomic E-state index is 12.7. The highest BCUT2D eigenvalue weighted by molar-refractivity contribution is 9.10. The molecule has 2 fully saturated rings. The van der Waals surface area contributed by atoms with E-state index in [1.807, 2.05) is 0 Å². The predicted molar refractivity (Wildman–Crippen MR) is 82.4 cm³/mol. The van der Waals surface area contributed by atoms with Crippen LogP contribution in [-0.4, -0.2) is 34.5 Å². The largest absolute Gasteiger partial charge is 0.480 e. The molecule has 0 aromatic heterocycles. The van der Waals surface area contributed by atoms with Gasteiger partial charge in [-0.05, 0) is 42.9 Å². The quantitative estimate of drug-likeness (QED) is 0.865. The van der Waals surface area contributed by atoms with Gasteiger partial charge in [-0.2, -0.15) is 0 Å². The van der Waals surface area contributed by atoms with Gasteiger partial charge in [-0.1, -0.05) is 34.0 Å². The maximum Gasteiger partial charge on any atom is 0.326 e. The van der Waals surface area contributed by atoms with Crippen LogP contribution in [0.25, 0.3) is 0 Å². The second-order valence-corrected chi connectivity index (χ2v) is 7.11. The average molecular weight is 373 g/mol. The van der Waals surface area contributed by atoms with Crippen molar-refractivity contribution in [1.82, 2.24) is 4.90 Å². The summed E-state index contributed by atoms with van der Waals surface area (Å²) in [6, 6.07) is 4.26. The van der Waals surface area contributed by atoms with Gasteiger partial charge in [0.15, 0.2) is 0 Å². The normalized spacial score (nSPS) is 27.7. The number of aliphatic carboxylic acids is 1. The molecule has 1 aromatic carbocycles. The minimum Gasteiger partial charge on any atom is -0.480 e. The monoisotopic (exact) mass is 371 g/mol. The fourth-order valence-corrected chi connectivity index (χ4v) is 4.53. The molecule has 112 valence electrons. The molecule has 0 radical (unpaired) electrons. The Balaban J connectivity index is 1.91. The van der Waals surface area contributed by atoms with Gasteiger partial charge in [-0.15, -0.1) is 0 Å². The Hall–Kier alpha value is -1.07. The van der Waals surface area contributed by atoms with E-state index in [1.165, 1.54) is 4.90 Å². The Bertz CT molecular complexity index is 586. The Morgan fingerprint density at radius 3 is 2.71 bits per heavy atom. The van der Waals surface area contributed by atoms with E-state index in [0.29, 0.717) is 27.5 Å². The highest BCUT2D eigenvalue weighted by atomic mass is 79.9. The van der Waals surface area contributed by atoms with Gasteiger partial charge < -0.3 is 10.0 Å². The van der Waals surface area contributed by atoms with E-state index in [0.717, 1.165) is 19.3 Å². The first kappa shape index (κ1) is 14.9. The molecule has 0 bridgehead atoms. The number of hydrogen-bond donors (Lipinski definition) is 1. The minimum atomic E-state index is -0.904. The van der Waals surface area contributed by atoms with Crippen LogP contribution in [0.15, 0.2) is 22.7 Å². The molecular formula is C15H15BrClNO3. The van der Waals surface area contributed by atoms with Crippen LogP contribution in [0.2, 0.25) is 5.02 Å². The lowest BCUT2D eigenvalue weighted by atomic mass is 9.94. The lowest BCUT2D eigenvalue weighted by Crippen LogP contribution is -2.43. The van der Waals surface area contributed by atoms with Crippen LogP contribution in [0.4, 0.5) is 0 Å². The predicted octanol–water partition coefficient (Wildman–Crippen LogP) is 3.43. The molecule has 0 spiro atoms. The van der Waals surface area contributed by atoms with Crippen molar-refractivity contribution in [3.63, 3.8) is 0 Å². The van der Waals surface area contributed by atoms with Crippen LogP contribution in [0.5, 0.6) is 0 Å². The number of carbonyl (C=O) groups is 2. The molecule has 2 aliphatic rings. The van der Waals surface area contributed by atoms with Crippen LogP contribution in [0.1, 0.15) is 29.6 Å². The Kier molecular flexibility index (Phi) is 3.97. The number of amides is 1. The average Bonchev–Trinajstić information content (AvgIpc) is 2.95. The zero-order valence-corrected chi connectivity index (χ0v) is 13.6. The summed E-state index contributed by atoms with van der Waals surface area (Å²) in [6.07, 6.45) is 2.96. The van der Waals surface area contributed by atoms with Crippen molar-refractivity contribution in [2.75, 3.05) is 6.54 Å². The number of fused-ring (bicyclic) bond motifs is 1. The number of hydrogen-bond acceptors (Lipinski definition) is 2. The van der Waals surface area contributed by atoms with E-state index in [1.54, 1.807) is 18.2 Å². The standard InChI is InChI=1S/C15H15BrClNO3/c16-10-4-9(5-11(17)6-10)14(19)18-7-8-2-1-3-12(8)13(18)15(20)21/h4-6,8,12-13H,1-3,7H2,(H,20,21). The zero-order chi connectivity index (χ0) is 15.1. The highest BCUT2D eigenvalue weighted by Crippen LogP contribution is 2.42. The molecule has 3 unspecified atom stereocenters. The number of rotatable bonds is 2. The van der Waals surface area contributed by atoms with Crippen LogP contribution >= 0.6 is 27.5 Å². The molecule has 1 amide bonds. The van der Waals surface area contributed by atoms with Gasteiger partial charge in [-0.3, -0.25) is 4.79 Å². The van der Waals surface area contributed by atoms with Crippen LogP contribution in [0, 0.1) is 11.8 Å². The zero-order valence-electron chi connectivity index (χ0n) is 11.3. The Morgan fingerprint density at radius 1 is 1.29 bits per heavy atom. The van der Waals surface area contributed by atoms with Crippen molar-refractivity contribution in [1.29, 1.82) is 0 Å². The van der Waals surface area contributed by atoms with Crippen molar-refractivity contribution >= 4 is 39.4 Å². The minimum absolute atomic E-state index is 0.0917. The fraction of sp³-hybridized carbons (Fsp3) is 0.467. The van der Waals surface area contributed by atoms with Crippen molar-refractivity contribution in [3.05, 3.63) is 33.3 Å². The van der Waals surface area contributed by atoms with Crippen LogP contribution in [0.3, 0.4) is 0 Å². The van der Waals surface area contributed by atoms with E-state index in [9.17, 15) is 14.7 Å². The molecule has 1 aromatic rings. The molecule has 3 atom stereocenters. The first-order chi connectivity index (χ1) is 9.97. The first-order valence-corrected chi connectivity index (χ1v) is 8.14. The van der Waals surface area contributed by atoms with Gasteiger partial charge in [0.05, 0.1) is 0 Å². The number of nitrogens with zero attached hydrogens (tertiary/aromatic N) is 1. The molecule has 4 nitrogen and oxygen atoms in total. The van der Waals surface area contributed by atoms with Gasteiger partial charge in [0.1, 0.15) is 6.04 Å². The highest BCUT2D eigenvalue weighted by Gasteiger charge is 2.49. The van der Waals surface area contributed by atoms with Crippen LogP contribution < -0.4 is 0 Å². The summed E-state index contributed by atoms with van der Waals surface area (Å²) >= 11 is 9.29. The van der Waals surface area contributed by atoms with E-state index in [-0.39, 0.29) is 11.8 Å². The summed E-state index contributed by atoms with van der Waals surface area (Å²) in [6.45, 7) is 0.532. The summed E-state index contributed by atoms with van der Waals surface area (Å²) in [4.78, 5) is 25.8. The Labute approximate surface area is 136 Å². The lowest BCUT2D eigenvalue weighted by molar-refractivity contribution is -0.142. The van der Waals surface area contributed by atoms with Crippen molar-refractivity contribution in [2.24, 2.45) is 11.8 Å². The van der Waals surface area contributed by atoms with E-state index < -0.39 is 12.0 Å². The summed E-state index contributed by atoms with van der Waals surface area (Å²) in [7, 11) is 0. The van der Waals surface area contributed by atoms with E-state index >= 15 is 0 Å². The summed E-state index contributed by atoms with van der Waals surface area (Å²) < 4.78 is 0.713. The van der Waals surface area contributed by atoms with Crippen molar-refractivity contribution < 1.29 is 14.7 Å². The van der Waals surface area contributed by atoms with Gasteiger partial charge >= 0.3 is 5.97 Å². The molecule has 1 aliphatic heterocycles. The number of carboxylic acids is 1. The van der Waals surface area contributed by atoms with E-state index in [4.69, 9.17) is 11.6 Å². The van der Waals surface area contributed by atoms with Crippen molar-refractivity contribution in [2.45, 2.75) is 25.3 Å². The van der Waals surface area contributed by atoms with Gasteiger partial charge in [-0.25, -0.2) is 4.79 Å². The molecule has 1 heterocycles. The molecule has 21 heavy (non-hydrogen) atoms. The smallest absolute Gasteiger partial charge is 0.326 e. The van der Waals surface area contributed by atoms with E-state index in [2.05, 4.69) is 15.9 Å². The summed E-state index contributed by atoms with van der Waals surface area (Å²) in [5.41, 5.74) is 0.431. The first-order valence-electron chi connectivity index (χ1n) is 6.97. The maximum absolute atomic E-state index is 12.7. The number of carbonyl (C=O) groups excluding carboxylic acids is 1. The second-order valence-electron chi connectivity index (χ2n) is 5.75. The van der Waals surface area contributed by atoms with Crippen LogP contribution in [-0.2, 0) is 4.79 Å². The molecule has 1 saturated heterocycles. The summed E-state index contributed by atoms with van der Waals surface area (Å²) in [5.74, 6) is -0.745. The molecule has 3 rings (SSSR count). The second kappa shape index (κ2) is 5.61. The molecule has 6 heteroatoms. The number of halogens is 2. The summed E-state index contributed by atoms with van der Waals surface area (Å²) in [5, 5.41) is 9.96. The molecule has 1 N–H and O–H groups in total. The van der Waals surface area contributed by atoms with Gasteiger partial charge in [0.2, 0.25) is 0 Å². The number of likely N-dealkylation sites (tertiary alicyclic amines) is 1. The fourth-order valence-electron chi connectivity index (χ4n) is 3.67. The lowest BCUT2D eigenvalue weighted by Gasteiger charge is -2.24.